The molecule has 1 aromatic carbocycles. The molecule has 0 aliphatic rings. The molecule has 0 aliphatic heterocycles. The Bertz CT molecular complexity index is 385. The summed E-state index contributed by atoms with van der Waals surface area (Å²) in [5.74, 6) is -0.294. The highest BCUT2D eigenvalue weighted by molar-refractivity contribution is 5.30. The number of halogens is 3. The lowest BCUT2D eigenvalue weighted by Gasteiger charge is -2.14. The lowest BCUT2D eigenvalue weighted by Crippen LogP contribution is -2.20. The van der Waals surface area contributed by atoms with Crippen LogP contribution in [0.5, 0.6) is 5.75 Å². The molecule has 0 aromatic heterocycles. The van der Waals surface area contributed by atoms with Crippen LogP contribution in [0.25, 0.3) is 0 Å². The fraction of sp³-hybridized carbons (Fsp3) is 0.500. The standard InChI is InChI=1S/C12H16F3NO3/c1-17-5-6-18-8-11(16)9-3-2-4-10(7-9)19-12(13,14)15/h2-4,7,11H,5-6,8,16H2,1H3. The number of nitrogens with two attached hydrogens (primary N) is 1. The fourth-order valence-electron chi connectivity index (χ4n) is 1.39. The molecule has 7 heteroatoms. The van der Waals surface area contributed by atoms with Gasteiger partial charge in [-0.3, -0.25) is 0 Å². The van der Waals surface area contributed by atoms with Crippen molar-refractivity contribution in [2.45, 2.75) is 12.4 Å². The minimum atomic E-state index is -4.71. The molecule has 1 rings (SSSR count). The fourth-order valence-corrected chi connectivity index (χ4v) is 1.39. The lowest BCUT2D eigenvalue weighted by molar-refractivity contribution is -0.274. The van der Waals surface area contributed by atoms with Gasteiger partial charge in [-0.2, -0.15) is 0 Å². The van der Waals surface area contributed by atoms with E-state index < -0.39 is 12.4 Å². The Hall–Kier alpha value is -1.31. The van der Waals surface area contributed by atoms with Crippen LogP contribution in [-0.2, 0) is 9.47 Å². The van der Waals surface area contributed by atoms with E-state index in [1.165, 1.54) is 18.2 Å². The van der Waals surface area contributed by atoms with E-state index >= 15 is 0 Å². The number of rotatable bonds is 7. The van der Waals surface area contributed by atoms with Crippen molar-refractivity contribution in [1.29, 1.82) is 0 Å². The highest BCUT2D eigenvalue weighted by atomic mass is 19.4. The average molecular weight is 279 g/mol. The summed E-state index contributed by atoms with van der Waals surface area (Å²) in [7, 11) is 1.54. The van der Waals surface area contributed by atoms with E-state index in [0.717, 1.165) is 0 Å². The van der Waals surface area contributed by atoms with E-state index in [4.69, 9.17) is 15.2 Å². The van der Waals surface area contributed by atoms with Gasteiger partial charge < -0.3 is 19.9 Å². The molecule has 19 heavy (non-hydrogen) atoms. The van der Waals surface area contributed by atoms with E-state index in [0.29, 0.717) is 18.8 Å². The summed E-state index contributed by atoms with van der Waals surface area (Å²) in [6.45, 7) is 1.01. The quantitative estimate of drug-likeness (QED) is 0.778. The predicted molar refractivity (Wildman–Crippen MR) is 62.7 cm³/mol. The van der Waals surface area contributed by atoms with Gasteiger partial charge in [0.1, 0.15) is 5.75 Å². The topological polar surface area (TPSA) is 53.7 Å². The van der Waals surface area contributed by atoms with Crippen LogP contribution >= 0.6 is 0 Å². The van der Waals surface area contributed by atoms with Gasteiger partial charge in [-0.25, -0.2) is 0 Å². The van der Waals surface area contributed by atoms with Gasteiger partial charge in [0, 0.05) is 7.11 Å². The molecule has 0 amide bonds. The van der Waals surface area contributed by atoms with Crippen molar-refractivity contribution in [2.75, 3.05) is 26.9 Å². The van der Waals surface area contributed by atoms with Crippen LogP contribution < -0.4 is 10.5 Å². The van der Waals surface area contributed by atoms with Crippen molar-refractivity contribution < 1.29 is 27.4 Å². The summed E-state index contributed by atoms with van der Waals surface area (Å²) in [5.41, 5.74) is 6.32. The maximum Gasteiger partial charge on any atom is 0.573 e. The van der Waals surface area contributed by atoms with Crippen LogP contribution in [0.15, 0.2) is 24.3 Å². The van der Waals surface area contributed by atoms with Gasteiger partial charge >= 0.3 is 6.36 Å². The summed E-state index contributed by atoms with van der Waals surface area (Å²) < 4.78 is 50.0. The van der Waals surface area contributed by atoms with Crippen LogP contribution in [0.1, 0.15) is 11.6 Å². The Balaban J connectivity index is 2.55. The van der Waals surface area contributed by atoms with Crippen molar-refractivity contribution in [1.82, 2.24) is 0 Å². The number of ether oxygens (including phenoxy) is 3. The third kappa shape index (κ3) is 6.42. The third-order valence-corrected chi connectivity index (χ3v) is 2.25. The molecule has 0 heterocycles. The maximum absolute atomic E-state index is 12.1. The second-order valence-electron chi connectivity index (χ2n) is 3.79. The molecular formula is C12H16F3NO3. The molecule has 108 valence electrons. The zero-order valence-electron chi connectivity index (χ0n) is 10.4. The third-order valence-electron chi connectivity index (χ3n) is 2.25. The van der Waals surface area contributed by atoms with Crippen LogP contribution in [0.3, 0.4) is 0 Å². The van der Waals surface area contributed by atoms with E-state index in [-0.39, 0.29) is 12.4 Å². The predicted octanol–water partition coefficient (Wildman–Crippen LogP) is 2.25. The van der Waals surface area contributed by atoms with Crippen LogP contribution in [0.2, 0.25) is 0 Å². The first-order chi connectivity index (χ1) is 8.92. The average Bonchev–Trinajstić information content (AvgIpc) is 2.32. The molecule has 4 nitrogen and oxygen atoms in total. The van der Waals surface area contributed by atoms with Crippen molar-refractivity contribution in [3.8, 4) is 5.75 Å². The van der Waals surface area contributed by atoms with Gasteiger partial charge in [-0.05, 0) is 17.7 Å². The first-order valence-corrected chi connectivity index (χ1v) is 5.60. The number of hydrogen-bond donors (Lipinski definition) is 1. The molecule has 0 spiro atoms. The Morgan fingerprint density at radius 3 is 2.63 bits per heavy atom. The number of hydrogen-bond acceptors (Lipinski definition) is 4. The second-order valence-corrected chi connectivity index (χ2v) is 3.79. The second kappa shape index (κ2) is 7.32. The van der Waals surface area contributed by atoms with Crippen molar-refractivity contribution in [3.63, 3.8) is 0 Å². The minimum Gasteiger partial charge on any atom is -0.406 e. The molecule has 1 unspecified atom stereocenters. The molecule has 0 fully saturated rings. The molecule has 0 bridgehead atoms. The summed E-state index contributed by atoms with van der Waals surface area (Å²) in [4.78, 5) is 0. The number of benzene rings is 1. The Morgan fingerprint density at radius 2 is 2.00 bits per heavy atom. The van der Waals surface area contributed by atoms with Crippen LogP contribution in [0, 0.1) is 0 Å². The van der Waals surface area contributed by atoms with E-state index in [9.17, 15) is 13.2 Å². The van der Waals surface area contributed by atoms with Crippen molar-refractivity contribution in [3.05, 3.63) is 29.8 Å². The molecule has 2 N–H and O–H groups in total. The maximum atomic E-state index is 12.1. The Morgan fingerprint density at radius 1 is 1.26 bits per heavy atom. The number of alkyl halides is 3. The zero-order chi connectivity index (χ0) is 14.3. The molecule has 0 saturated carbocycles. The lowest BCUT2D eigenvalue weighted by atomic mass is 10.1. The summed E-state index contributed by atoms with van der Waals surface area (Å²) in [6.07, 6.45) is -4.71. The highest BCUT2D eigenvalue weighted by Gasteiger charge is 2.31. The van der Waals surface area contributed by atoms with E-state index in [2.05, 4.69) is 4.74 Å². The summed E-state index contributed by atoms with van der Waals surface area (Å²) >= 11 is 0. The monoisotopic (exact) mass is 279 g/mol. The smallest absolute Gasteiger partial charge is 0.406 e. The first-order valence-electron chi connectivity index (χ1n) is 5.60. The van der Waals surface area contributed by atoms with Gasteiger partial charge in [-0.1, -0.05) is 12.1 Å². The molecule has 0 radical (unpaired) electrons. The van der Waals surface area contributed by atoms with Gasteiger partial charge in [0.25, 0.3) is 0 Å². The minimum absolute atomic E-state index is 0.193. The zero-order valence-corrected chi connectivity index (χ0v) is 10.4. The molecule has 1 atom stereocenters. The SMILES string of the molecule is COCCOCC(N)c1cccc(OC(F)(F)F)c1. The van der Waals surface area contributed by atoms with Gasteiger partial charge in [-0.15, -0.1) is 13.2 Å². The number of methoxy groups -OCH3 is 1. The molecule has 1 aromatic rings. The van der Waals surface area contributed by atoms with Gasteiger partial charge in [0.2, 0.25) is 0 Å². The van der Waals surface area contributed by atoms with Crippen LogP contribution in [0.4, 0.5) is 13.2 Å². The van der Waals surface area contributed by atoms with Gasteiger partial charge in [0.05, 0.1) is 25.9 Å². The molecular weight excluding hydrogens is 263 g/mol. The van der Waals surface area contributed by atoms with Crippen LogP contribution in [-0.4, -0.2) is 33.3 Å². The van der Waals surface area contributed by atoms with E-state index in [1.54, 1.807) is 13.2 Å². The van der Waals surface area contributed by atoms with E-state index in [1.807, 2.05) is 0 Å². The first kappa shape index (κ1) is 15.7. The molecule has 0 aliphatic carbocycles. The Kier molecular flexibility index (Phi) is 6.07. The normalized spacial score (nSPS) is 13.3. The Labute approximate surface area is 109 Å². The molecule has 0 saturated heterocycles. The highest BCUT2D eigenvalue weighted by Crippen LogP contribution is 2.25. The summed E-state index contributed by atoms with van der Waals surface area (Å²) in [5, 5.41) is 0. The summed E-state index contributed by atoms with van der Waals surface area (Å²) in [6, 6.07) is 5.01. The van der Waals surface area contributed by atoms with Gasteiger partial charge in [0.15, 0.2) is 0 Å². The van der Waals surface area contributed by atoms with Crippen molar-refractivity contribution >= 4 is 0 Å². The van der Waals surface area contributed by atoms with Crippen molar-refractivity contribution in [2.24, 2.45) is 5.73 Å². The largest absolute Gasteiger partial charge is 0.573 e.